The van der Waals surface area contributed by atoms with E-state index in [-0.39, 0.29) is 0 Å². The number of anilines is 2. The van der Waals surface area contributed by atoms with E-state index in [4.69, 9.17) is 0 Å². The van der Waals surface area contributed by atoms with Gasteiger partial charge in [-0.2, -0.15) is 0 Å². The molecule has 0 fully saturated rings. The number of aryl methyl sites for hydroxylation is 7. The summed E-state index contributed by atoms with van der Waals surface area (Å²) in [6.07, 6.45) is 12.0. The minimum Gasteiger partial charge on any atom is -0.314 e. The fourth-order valence-electron chi connectivity index (χ4n) is 6.07. The second kappa shape index (κ2) is 25.4. The zero-order valence-electron chi connectivity index (χ0n) is 36.0. The minimum absolute atomic E-state index is 0.783. The zero-order chi connectivity index (χ0) is 39.9. The molecule has 0 aromatic heterocycles. The van der Waals surface area contributed by atoms with Crippen LogP contribution < -0.4 is 4.90 Å². The highest BCUT2D eigenvalue weighted by Crippen LogP contribution is 2.34. The van der Waals surface area contributed by atoms with Crippen LogP contribution in [0.5, 0.6) is 0 Å². The molecule has 1 heteroatoms. The topological polar surface area (TPSA) is 3.24 Å². The molecule has 0 heterocycles. The molecule has 0 saturated carbocycles. The molecule has 0 atom stereocenters. The Morgan fingerprint density at radius 2 is 0.704 bits per heavy atom. The van der Waals surface area contributed by atoms with E-state index in [1.807, 2.05) is 13.8 Å². The lowest BCUT2D eigenvalue weighted by Gasteiger charge is -2.29. The normalized spacial score (nSPS) is 11.5. The van der Waals surface area contributed by atoms with Crippen LogP contribution in [-0.2, 0) is 0 Å². The predicted octanol–water partition coefficient (Wildman–Crippen LogP) is 16.4. The van der Waals surface area contributed by atoms with Gasteiger partial charge in [-0.15, -0.1) is 0 Å². The van der Waals surface area contributed by atoms with Crippen molar-refractivity contribution in [3.63, 3.8) is 0 Å². The van der Waals surface area contributed by atoms with Gasteiger partial charge in [0.2, 0.25) is 0 Å². The molecule has 0 amide bonds. The van der Waals surface area contributed by atoms with Crippen LogP contribution >= 0.6 is 0 Å². The molecule has 6 rings (SSSR count). The molecule has 0 saturated heterocycles. The molecule has 5 aromatic carbocycles. The molecular weight excluding hydrogens is 651 g/mol. The Balaban J connectivity index is 0.000000269. The second-order valence-electron chi connectivity index (χ2n) is 14.7. The maximum Gasteiger partial charge on any atom is 0.0458 e. The lowest BCUT2D eigenvalue weighted by Crippen LogP contribution is -2.17. The van der Waals surface area contributed by atoms with Crippen LogP contribution in [0.2, 0.25) is 0 Å². The lowest BCUT2D eigenvalue weighted by molar-refractivity contribution is 0.561. The number of hydrogen-bond donors (Lipinski definition) is 0. The highest BCUT2D eigenvalue weighted by atomic mass is 15.1. The summed E-state index contributed by atoms with van der Waals surface area (Å²) in [7, 11) is 0. The van der Waals surface area contributed by atoms with Gasteiger partial charge in [-0.1, -0.05) is 188 Å². The number of rotatable bonds is 8. The summed E-state index contributed by atoms with van der Waals surface area (Å²) >= 11 is 0. The molecule has 0 radical (unpaired) electrons. The maximum atomic E-state index is 2.38. The summed E-state index contributed by atoms with van der Waals surface area (Å²) in [5, 5.41) is 0. The molecule has 0 aliphatic heterocycles. The van der Waals surface area contributed by atoms with Crippen molar-refractivity contribution in [3.8, 4) is 0 Å². The van der Waals surface area contributed by atoms with Crippen molar-refractivity contribution in [2.75, 3.05) is 4.90 Å². The van der Waals surface area contributed by atoms with Crippen molar-refractivity contribution in [2.45, 2.75) is 128 Å². The maximum absolute atomic E-state index is 2.38. The van der Waals surface area contributed by atoms with E-state index in [2.05, 4.69) is 208 Å². The number of benzene rings is 5. The van der Waals surface area contributed by atoms with Crippen molar-refractivity contribution in [1.29, 1.82) is 0 Å². The van der Waals surface area contributed by atoms with Gasteiger partial charge in [-0.05, 0) is 123 Å². The second-order valence-corrected chi connectivity index (χ2v) is 14.7. The SMILES string of the molecule is CC.CC1=CC=C(N(c2ccc(C)cc2)c2ccc(C)cc2)CC1.CCCC(CCC)c1ccc(C)cc1.Cc1ccc(C)cc1.Cc1ccc(C)cc1. The smallest absolute Gasteiger partial charge is 0.0458 e. The van der Waals surface area contributed by atoms with Gasteiger partial charge >= 0.3 is 0 Å². The minimum atomic E-state index is 0.783. The first-order valence-electron chi connectivity index (χ1n) is 20.4. The quantitative estimate of drug-likeness (QED) is 0.154. The molecule has 54 heavy (non-hydrogen) atoms. The van der Waals surface area contributed by atoms with Gasteiger partial charge in [0.1, 0.15) is 0 Å². The van der Waals surface area contributed by atoms with Gasteiger partial charge < -0.3 is 4.90 Å². The van der Waals surface area contributed by atoms with Crippen LogP contribution in [0.4, 0.5) is 11.4 Å². The van der Waals surface area contributed by atoms with E-state index in [0.717, 1.165) is 18.8 Å². The summed E-state index contributed by atoms with van der Waals surface area (Å²) in [6, 6.07) is 43.6. The predicted molar refractivity (Wildman–Crippen MR) is 242 cm³/mol. The highest BCUT2D eigenvalue weighted by Gasteiger charge is 2.16. The van der Waals surface area contributed by atoms with Gasteiger partial charge in [-0.25, -0.2) is 0 Å². The molecule has 0 N–H and O–H groups in total. The van der Waals surface area contributed by atoms with E-state index in [1.165, 1.54) is 92.8 Å². The van der Waals surface area contributed by atoms with Gasteiger partial charge in [0, 0.05) is 17.1 Å². The van der Waals surface area contributed by atoms with E-state index < -0.39 is 0 Å². The zero-order valence-corrected chi connectivity index (χ0v) is 36.0. The first-order valence-corrected chi connectivity index (χ1v) is 20.4. The Kier molecular flexibility index (Phi) is 21.4. The van der Waals surface area contributed by atoms with Crippen LogP contribution in [0.1, 0.15) is 124 Å². The standard InChI is InChI=1S/C21H23N.C14H22.2C8H10.C2H6/c1-16-4-10-19(11-5-16)22(20-12-6-17(2)7-13-20)21-14-8-18(3)9-15-21;1-4-6-13(7-5-2)14-10-8-12(3)9-11-14;2*1-7-3-5-8(2)6-4-7;1-2/h4-8,10-14H,9,15H2,1-3H3;8-11,13H,4-7H2,1-3H3;2*3-6H,1-2H3;1-2H3. The third kappa shape index (κ3) is 17.0. The third-order valence-corrected chi connectivity index (χ3v) is 9.47. The van der Waals surface area contributed by atoms with Crippen LogP contribution in [0.15, 0.2) is 145 Å². The largest absolute Gasteiger partial charge is 0.314 e. The number of hydrogen-bond acceptors (Lipinski definition) is 1. The Labute approximate surface area is 331 Å². The van der Waals surface area contributed by atoms with E-state index in [9.17, 15) is 0 Å². The van der Waals surface area contributed by atoms with Crippen LogP contribution in [0.3, 0.4) is 0 Å². The van der Waals surface area contributed by atoms with Gasteiger partial charge in [0.25, 0.3) is 0 Å². The van der Waals surface area contributed by atoms with Crippen LogP contribution in [-0.4, -0.2) is 0 Å². The lowest BCUT2D eigenvalue weighted by atomic mass is 9.90. The van der Waals surface area contributed by atoms with Crippen molar-refractivity contribution >= 4 is 11.4 Å². The van der Waals surface area contributed by atoms with Crippen molar-refractivity contribution in [1.82, 2.24) is 0 Å². The van der Waals surface area contributed by atoms with Crippen molar-refractivity contribution in [2.24, 2.45) is 0 Å². The molecule has 0 spiro atoms. The highest BCUT2D eigenvalue weighted by molar-refractivity contribution is 5.69. The summed E-state index contributed by atoms with van der Waals surface area (Å²) in [6.45, 7) is 25.6. The van der Waals surface area contributed by atoms with Crippen molar-refractivity contribution in [3.05, 3.63) is 189 Å². The van der Waals surface area contributed by atoms with E-state index >= 15 is 0 Å². The fraction of sp³-hybridized carbons (Fsp3) is 0.358. The van der Waals surface area contributed by atoms with Crippen molar-refractivity contribution < 1.29 is 0 Å². The fourth-order valence-corrected chi connectivity index (χ4v) is 6.07. The molecular formula is C53H71N. The third-order valence-electron chi connectivity index (χ3n) is 9.47. The summed E-state index contributed by atoms with van der Waals surface area (Å²) in [4.78, 5) is 2.38. The van der Waals surface area contributed by atoms with Crippen LogP contribution in [0.25, 0.3) is 0 Å². The van der Waals surface area contributed by atoms with Gasteiger partial charge in [0.05, 0.1) is 0 Å². The summed E-state index contributed by atoms with van der Waals surface area (Å²) < 4.78 is 0. The molecule has 1 aliphatic rings. The Morgan fingerprint density at radius 3 is 0.981 bits per heavy atom. The van der Waals surface area contributed by atoms with Gasteiger partial charge in [0.15, 0.2) is 0 Å². The first-order chi connectivity index (χ1) is 26.0. The van der Waals surface area contributed by atoms with Gasteiger partial charge in [-0.3, -0.25) is 0 Å². The summed E-state index contributed by atoms with van der Waals surface area (Å²) in [5.41, 5.74) is 16.1. The van der Waals surface area contributed by atoms with Crippen LogP contribution in [0, 0.1) is 48.5 Å². The molecule has 1 aliphatic carbocycles. The van der Waals surface area contributed by atoms with E-state index in [1.54, 1.807) is 0 Å². The molecule has 1 nitrogen and oxygen atoms in total. The molecule has 0 bridgehead atoms. The molecule has 288 valence electrons. The molecule has 0 unspecified atom stereocenters. The first kappa shape index (κ1) is 45.5. The monoisotopic (exact) mass is 722 g/mol. The van der Waals surface area contributed by atoms with E-state index in [0.29, 0.717) is 0 Å². The number of allylic oxidation sites excluding steroid dienone is 4. The number of nitrogens with zero attached hydrogens (tertiary/aromatic N) is 1. The summed E-state index contributed by atoms with van der Waals surface area (Å²) in [5.74, 6) is 0.783. The Hall–Kier alpha value is -4.62. The Bertz CT molecular complexity index is 1630. The average molecular weight is 722 g/mol. The Morgan fingerprint density at radius 1 is 0.407 bits per heavy atom. The average Bonchev–Trinajstić information content (AvgIpc) is 3.18. The molecule has 5 aromatic rings.